The fraction of sp³-hybridized carbons (Fsp3) is 0.545. The summed E-state index contributed by atoms with van der Waals surface area (Å²) in [4.78, 5) is 3.54. The van der Waals surface area contributed by atoms with Crippen molar-refractivity contribution in [2.24, 2.45) is 5.92 Å². The predicted octanol–water partition coefficient (Wildman–Crippen LogP) is 2.19. The monoisotopic (exact) mass is 280 g/mol. The molecule has 3 atom stereocenters. The average Bonchev–Trinajstić information content (AvgIpc) is 2.86. The van der Waals surface area contributed by atoms with Gasteiger partial charge < -0.3 is 10.1 Å². The Morgan fingerprint density at radius 3 is 2.76 bits per heavy atom. The van der Waals surface area contributed by atoms with Gasteiger partial charge in [0.05, 0.1) is 6.20 Å². The summed E-state index contributed by atoms with van der Waals surface area (Å²) in [6.07, 6.45) is 3.96. The van der Waals surface area contributed by atoms with Gasteiger partial charge in [0.2, 0.25) is 5.95 Å². The maximum absolute atomic E-state index is 12.5. The Bertz CT molecular complexity index is 353. The molecule has 2 heterocycles. The standard InChI is InChI=1S/C11H13FN2O.2ClH/c12-11-2-1-9(5-13-11)15-6-8-3-7-4-10(7)14-8;;/h1-2,5,7-8,10,14H,3-4,6H2;2*1H. The van der Waals surface area contributed by atoms with Crippen LogP contribution >= 0.6 is 24.8 Å². The fourth-order valence-electron chi connectivity index (χ4n) is 2.21. The number of fused-ring (bicyclic) bond motifs is 1. The Morgan fingerprint density at radius 1 is 1.35 bits per heavy atom. The molecule has 96 valence electrons. The Kier molecular flexibility index (Phi) is 4.98. The first-order chi connectivity index (χ1) is 7.31. The second kappa shape index (κ2) is 5.85. The maximum Gasteiger partial charge on any atom is 0.213 e. The number of rotatable bonds is 3. The van der Waals surface area contributed by atoms with Gasteiger partial charge in [-0.1, -0.05) is 0 Å². The van der Waals surface area contributed by atoms with Gasteiger partial charge in [-0.25, -0.2) is 4.98 Å². The highest BCUT2D eigenvalue weighted by atomic mass is 35.5. The summed E-state index contributed by atoms with van der Waals surface area (Å²) in [7, 11) is 0. The minimum atomic E-state index is -0.470. The third-order valence-corrected chi connectivity index (χ3v) is 3.11. The highest BCUT2D eigenvalue weighted by Gasteiger charge is 2.45. The number of nitrogens with one attached hydrogen (secondary N) is 1. The zero-order valence-electron chi connectivity index (χ0n) is 9.14. The molecule has 1 saturated heterocycles. The van der Waals surface area contributed by atoms with Gasteiger partial charge in [0.1, 0.15) is 12.4 Å². The summed E-state index contributed by atoms with van der Waals surface area (Å²) in [5.41, 5.74) is 0. The Balaban J connectivity index is 0.000000722. The van der Waals surface area contributed by atoms with Crippen LogP contribution in [0.2, 0.25) is 0 Å². The van der Waals surface area contributed by atoms with Gasteiger partial charge in [-0.2, -0.15) is 4.39 Å². The summed E-state index contributed by atoms with van der Waals surface area (Å²) in [5, 5.41) is 3.49. The van der Waals surface area contributed by atoms with Crippen molar-refractivity contribution in [2.45, 2.75) is 24.9 Å². The van der Waals surface area contributed by atoms with E-state index in [0.29, 0.717) is 18.4 Å². The Labute approximate surface area is 112 Å². The van der Waals surface area contributed by atoms with E-state index < -0.39 is 5.95 Å². The molecule has 6 heteroatoms. The van der Waals surface area contributed by atoms with Crippen LogP contribution in [0.5, 0.6) is 5.75 Å². The number of ether oxygens (including phenoxy) is 1. The van der Waals surface area contributed by atoms with Crippen LogP contribution in [-0.2, 0) is 0 Å². The molecule has 17 heavy (non-hydrogen) atoms. The molecule has 3 rings (SSSR count). The van der Waals surface area contributed by atoms with Crippen LogP contribution in [-0.4, -0.2) is 23.7 Å². The zero-order valence-corrected chi connectivity index (χ0v) is 10.8. The smallest absolute Gasteiger partial charge is 0.213 e. The first-order valence-electron chi connectivity index (χ1n) is 5.31. The molecule has 1 aliphatic carbocycles. The molecule has 3 nitrogen and oxygen atoms in total. The van der Waals surface area contributed by atoms with E-state index in [4.69, 9.17) is 4.74 Å². The summed E-state index contributed by atoms with van der Waals surface area (Å²) < 4.78 is 18.0. The minimum Gasteiger partial charge on any atom is -0.490 e. The number of aromatic nitrogens is 1. The minimum absolute atomic E-state index is 0. The van der Waals surface area contributed by atoms with E-state index in [1.807, 2.05) is 0 Å². The van der Waals surface area contributed by atoms with Gasteiger partial charge >= 0.3 is 0 Å². The van der Waals surface area contributed by atoms with Crippen molar-refractivity contribution in [1.29, 1.82) is 0 Å². The van der Waals surface area contributed by atoms with Gasteiger partial charge in [0.15, 0.2) is 0 Å². The van der Waals surface area contributed by atoms with Crippen molar-refractivity contribution in [2.75, 3.05) is 6.61 Å². The van der Waals surface area contributed by atoms with Crippen LogP contribution in [0.3, 0.4) is 0 Å². The number of nitrogens with zero attached hydrogens (tertiary/aromatic N) is 1. The molecular weight excluding hydrogens is 266 g/mol. The van der Waals surface area contributed by atoms with Crippen molar-refractivity contribution in [3.63, 3.8) is 0 Å². The van der Waals surface area contributed by atoms with Gasteiger partial charge in [-0.3, -0.25) is 0 Å². The van der Waals surface area contributed by atoms with E-state index in [1.165, 1.54) is 25.1 Å². The van der Waals surface area contributed by atoms with Crippen molar-refractivity contribution in [1.82, 2.24) is 10.3 Å². The van der Waals surface area contributed by atoms with Crippen LogP contribution < -0.4 is 10.1 Å². The molecule has 3 unspecified atom stereocenters. The molecule has 0 aromatic carbocycles. The molecular formula is C11H15Cl2FN2O. The topological polar surface area (TPSA) is 34.1 Å². The van der Waals surface area contributed by atoms with E-state index in [2.05, 4.69) is 10.3 Å². The van der Waals surface area contributed by atoms with E-state index in [9.17, 15) is 4.39 Å². The van der Waals surface area contributed by atoms with Gasteiger partial charge in [0, 0.05) is 12.1 Å². The highest BCUT2D eigenvalue weighted by molar-refractivity contribution is 5.85. The quantitative estimate of drug-likeness (QED) is 0.862. The van der Waals surface area contributed by atoms with E-state index >= 15 is 0 Å². The number of piperidine rings is 1. The fourth-order valence-corrected chi connectivity index (χ4v) is 2.21. The molecule has 2 aliphatic rings. The molecule has 0 radical (unpaired) electrons. The molecule has 1 aromatic heterocycles. The van der Waals surface area contributed by atoms with E-state index in [1.54, 1.807) is 6.07 Å². The van der Waals surface area contributed by atoms with Crippen molar-refractivity contribution < 1.29 is 9.13 Å². The summed E-state index contributed by atoms with van der Waals surface area (Å²) in [6, 6.07) is 4.12. The molecule has 1 N–H and O–H groups in total. The molecule has 0 spiro atoms. The van der Waals surface area contributed by atoms with E-state index in [0.717, 1.165) is 12.0 Å². The zero-order chi connectivity index (χ0) is 10.3. The third-order valence-electron chi connectivity index (χ3n) is 3.11. The van der Waals surface area contributed by atoms with Gasteiger partial charge in [-0.05, 0) is 30.9 Å². The average molecular weight is 281 g/mol. The van der Waals surface area contributed by atoms with Crippen LogP contribution in [0.1, 0.15) is 12.8 Å². The molecule has 1 aromatic rings. The lowest BCUT2D eigenvalue weighted by Gasteiger charge is -2.13. The second-order valence-electron chi connectivity index (χ2n) is 4.33. The number of hydrogen-bond donors (Lipinski definition) is 1. The number of hydrogen-bond acceptors (Lipinski definition) is 3. The summed E-state index contributed by atoms with van der Waals surface area (Å²) in [5.74, 6) is 1.05. The molecule has 1 saturated carbocycles. The van der Waals surface area contributed by atoms with Crippen LogP contribution in [0.15, 0.2) is 18.3 Å². The first kappa shape index (κ1) is 14.5. The second-order valence-corrected chi connectivity index (χ2v) is 4.33. The normalized spacial score (nSPS) is 28.6. The van der Waals surface area contributed by atoms with Crippen molar-refractivity contribution in [3.8, 4) is 5.75 Å². The van der Waals surface area contributed by atoms with Crippen molar-refractivity contribution >= 4 is 24.8 Å². The lowest BCUT2D eigenvalue weighted by atomic mass is 10.2. The SMILES string of the molecule is Cl.Cl.Fc1ccc(OCC2CC3CC3N2)cn1. The van der Waals surface area contributed by atoms with Gasteiger partial charge in [0.25, 0.3) is 0 Å². The Morgan fingerprint density at radius 2 is 2.18 bits per heavy atom. The maximum atomic E-state index is 12.5. The predicted molar refractivity (Wildman–Crippen MR) is 67.6 cm³/mol. The number of halogens is 3. The van der Waals surface area contributed by atoms with Crippen molar-refractivity contribution in [3.05, 3.63) is 24.3 Å². The summed E-state index contributed by atoms with van der Waals surface area (Å²) >= 11 is 0. The van der Waals surface area contributed by atoms with E-state index in [-0.39, 0.29) is 24.8 Å². The lowest BCUT2D eigenvalue weighted by molar-refractivity contribution is 0.266. The van der Waals surface area contributed by atoms with Gasteiger partial charge in [-0.15, -0.1) is 24.8 Å². The third kappa shape index (κ3) is 3.44. The largest absolute Gasteiger partial charge is 0.490 e. The number of pyridine rings is 1. The molecule has 1 aliphatic heterocycles. The molecule has 0 bridgehead atoms. The summed E-state index contributed by atoms with van der Waals surface area (Å²) in [6.45, 7) is 0.653. The first-order valence-corrected chi connectivity index (χ1v) is 5.31. The van der Waals surface area contributed by atoms with Crippen LogP contribution in [0.25, 0.3) is 0 Å². The lowest BCUT2D eigenvalue weighted by Crippen LogP contribution is -2.31. The molecule has 0 amide bonds. The Hall–Kier alpha value is -0.580. The van der Waals surface area contributed by atoms with Crippen LogP contribution in [0.4, 0.5) is 4.39 Å². The molecule has 2 fully saturated rings. The highest BCUT2D eigenvalue weighted by Crippen LogP contribution is 2.40. The van der Waals surface area contributed by atoms with Crippen LogP contribution in [0, 0.1) is 11.9 Å².